The predicted molar refractivity (Wildman–Crippen MR) is 117 cm³/mol. The number of carbonyl (C=O) groups is 3. The van der Waals surface area contributed by atoms with Crippen LogP contribution < -0.4 is 5.32 Å². The van der Waals surface area contributed by atoms with E-state index in [1.165, 1.54) is 6.92 Å². The zero-order valence-electron chi connectivity index (χ0n) is 17.8. The molecule has 0 bridgehead atoms. The van der Waals surface area contributed by atoms with E-state index >= 15 is 0 Å². The molecule has 0 saturated carbocycles. The number of rotatable bonds is 4. The van der Waals surface area contributed by atoms with E-state index in [9.17, 15) is 14.4 Å². The van der Waals surface area contributed by atoms with E-state index in [-0.39, 0.29) is 17.9 Å². The van der Waals surface area contributed by atoms with E-state index in [1.54, 1.807) is 52.3 Å². The Hall–Kier alpha value is -3.86. The third kappa shape index (κ3) is 4.57. The SMILES string of the molecule is CC(=O)Nc1ccc(C(=O)N2CCC3(CC2)CN(Cc2cccc(C#N)c2)C(=O)O3)cc1. The van der Waals surface area contributed by atoms with Gasteiger partial charge in [0.1, 0.15) is 5.60 Å². The smallest absolute Gasteiger partial charge is 0.410 e. The average Bonchev–Trinajstić information content (AvgIpc) is 3.08. The summed E-state index contributed by atoms with van der Waals surface area (Å²) in [5.41, 5.74) is 2.05. The zero-order valence-corrected chi connectivity index (χ0v) is 17.8. The van der Waals surface area contributed by atoms with Gasteiger partial charge in [0, 0.05) is 50.7 Å². The molecule has 1 spiro atoms. The summed E-state index contributed by atoms with van der Waals surface area (Å²) in [5, 5.41) is 11.8. The van der Waals surface area contributed by atoms with Gasteiger partial charge in [-0.15, -0.1) is 0 Å². The Morgan fingerprint density at radius 2 is 1.88 bits per heavy atom. The van der Waals surface area contributed by atoms with Crippen LogP contribution in [0.2, 0.25) is 0 Å². The maximum atomic E-state index is 12.9. The Kier molecular flexibility index (Phi) is 5.82. The fraction of sp³-hybridized carbons (Fsp3) is 0.333. The molecular weight excluding hydrogens is 408 g/mol. The highest BCUT2D eigenvalue weighted by Gasteiger charge is 2.47. The second-order valence-electron chi connectivity index (χ2n) is 8.27. The highest BCUT2D eigenvalue weighted by Crippen LogP contribution is 2.34. The van der Waals surface area contributed by atoms with Crippen molar-refractivity contribution in [1.29, 1.82) is 5.26 Å². The van der Waals surface area contributed by atoms with E-state index in [0.29, 0.717) is 55.8 Å². The number of nitrogens with zero attached hydrogens (tertiary/aromatic N) is 3. The molecule has 2 fully saturated rings. The molecule has 2 aromatic carbocycles. The van der Waals surface area contributed by atoms with Crippen LogP contribution >= 0.6 is 0 Å². The van der Waals surface area contributed by atoms with E-state index in [0.717, 1.165) is 5.56 Å². The fourth-order valence-electron chi connectivity index (χ4n) is 4.23. The molecule has 8 heteroatoms. The van der Waals surface area contributed by atoms with Gasteiger partial charge in [-0.3, -0.25) is 14.5 Å². The number of benzene rings is 2. The number of piperidine rings is 1. The molecule has 2 saturated heterocycles. The molecule has 2 aromatic rings. The first-order valence-corrected chi connectivity index (χ1v) is 10.5. The number of ether oxygens (including phenoxy) is 1. The Morgan fingerprint density at radius 3 is 2.53 bits per heavy atom. The van der Waals surface area contributed by atoms with Crippen molar-refractivity contribution in [2.45, 2.75) is 31.9 Å². The van der Waals surface area contributed by atoms with Gasteiger partial charge in [0.05, 0.1) is 18.2 Å². The van der Waals surface area contributed by atoms with Crippen molar-refractivity contribution >= 4 is 23.6 Å². The van der Waals surface area contributed by atoms with Gasteiger partial charge in [-0.05, 0) is 42.0 Å². The second kappa shape index (κ2) is 8.71. The molecule has 4 rings (SSSR count). The molecular formula is C24H24N4O4. The molecule has 8 nitrogen and oxygen atoms in total. The van der Waals surface area contributed by atoms with Crippen molar-refractivity contribution in [3.05, 3.63) is 65.2 Å². The zero-order chi connectivity index (χ0) is 22.7. The number of anilines is 1. The van der Waals surface area contributed by atoms with Crippen molar-refractivity contribution < 1.29 is 19.1 Å². The number of nitrogens with one attached hydrogen (secondary N) is 1. The summed E-state index contributed by atoms with van der Waals surface area (Å²) < 4.78 is 5.76. The molecule has 0 atom stereocenters. The second-order valence-corrected chi connectivity index (χ2v) is 8.27. The number of carbonyl (C=O) groups excluding carboxylic acids is 3. The van der Waals surface area contributed by atoms with Crippen LogP contribution in [0.3, 0.4) is 0 Å². The van der Waals surface area contributed by atoms with Crippen LogP contribution in [0, 0.1) is 11.3 Å². The van der Waals surface area contributed by atoms with E-state index in [2.05, 4.69) is 11.4 Å². The molecule has 0 radical (unpaired) electrons. The summed E-state index contributed by atoms with van der Waals surface area (Å²) in [5.74, 6) is -0.243. The predicted octanol–water partition coefficient (Wildman–Crippen LogP) is 3.14. The third-order valence-electron chi connectivity index (χ3n) is 5.88. The number of nitriles is 1. The summed E-state index contributed by atoms with van der Waals surface area (Å²) in [4.78, 5) is 39.9. The Bertz CT molecular complexity index is 1080. The number of likely N-dealkylation sites (tertiary alicyclic amines) is 1. The summed E-state index contributed by atoms with van der Waals surface area (Å²) in [6.45, 7) is 3.28. The lowest BCUT2D eigenvalue weighted by atomic mass is 9.91. The van der Waals surface area contributed by atoms with Crippen molar-refractivity contribution in [2.75, 3.05) is 25.0 Å². The molecule has 32 heavy (non-hydrogen) atoms. The minimum atomic E-state index is -0.587. The Morgan fingerprint density at radius 1 is 1.16 bits per heavy atom. The lowest BCUT2D eigenvalue weighted by Crippen LogP contribution is -2.48. The summed E-state index contributed by atoms with van der Waals surface area (Å²) in [7, 11) is 0. The van der Waals surface area contributed by atoms with Gasteiger partial charge >= 0.3 is 6.09 Å². The van der Waals surface area contributed by atoms with Crippen molar-refractivity contribution in [3.8, 4) is 6.07 Å². The first-order valence-electron chi connectivity index (χ1n) is 10.5. The minimum Gasteiger partial charge on any atom is -0.441 e. The summed E-state index contributed by atoms with van der Waals surface area (Å²) in [6.07, 6.45) is 0.785. The topological polar surface area (TPSA) is 103 Å². The first kappa shape index (κ1) is 21.4. The maximum absolute atomic E-state index is 12.9. The van der Waals surface area contributed by atoms with Crippen molar-refractivity contribution in [2.24, 2.45) is 0 Å². The molecule has 0 aliphatic carbocycles. The molecule has 2 aliphatic heterocycles. The maximum Gasteiger partial charge on any atom is 0.410 e. The van der Waals surface area contributed by atoms with Gasteiger partial charge in [-0.25, -0.2) is 4.79 Å². The highest BCUT2D eigenvalue weighted by molar-refractivity contribution is 5.95. The van der Waals surface area contributed by atoms with Crippen LogP contribution in [-0.2, 0) is 16.1 Å². The van der Waals surface area contributed by atoms with E-state index in [4.69, 9.17) is 10.00 Å². The first-order chi connectivity index (χ1) is 15.4. The molecule has 164 valence electrons. The molecule has 1 N–H and O–H groups in total. The van der Waals surface area contributed by atoms with Crippen molar-refractivity contribution in [3.63, 3.8) is 0 Å². The molecule has 0 aromatic heterocycles. The number of hydrogen-bond donors (Lipinski definition) is 1. The lowest BCUT2D eigenvalue weighted by molar-refractivity contribution is -0.114. The Balaban J connectivity index is 1.35. The summed E-state index contributed by atoms with van der Waals surface area (Å²) in [6, 6.07) is 16.1. The van der Waals surface area contributed by atoms with Crippen LogP contribution in [-0.4, -0.2) is 52.9 Å². The van der Waals surface area contributed by atoms with Crippen LogP contribution in [0.15, 0.2) is 48.5 Å². The van der Waals surface area contributed by atoms with Gasteiger partial charge in [0.15, 0.2) is 0 Å². The monoisotopic (exact) mass is 432 g/mol. The quantitative estimate of drug-likeness (QED) is 0.800. The van der Waals surface area contributed by atoms with Gasteiger partial charge in [-0.1, -0.05) is 12.1 Å². The van der Waals surface area contributed by atoms with Gasteiger partial charge in [0.2, 0.25) is 5.91 Å². The van der Waals surface area contributed by atoms with Crippen LogP contribution in [0.1, 0.15) is 41.3 Å². The van der Waals surface area contributed by atoms with Crippen molar-refractivity contribution in [1.82, 2.24) is 9.80 Å². The van der Waals surface area contributed by atoms with E-state index in [1.807, 2.05) is 6.07 Å². The molecule has 0 unspecified atom stereocenters. The number of amides is 3. The van der Waals surface area contributed by atoms with Gasteiger partial charge < -0.3 is 15.0 Å². The lowest BCUT2D eigenvalue weighted by Gasteiger charge is -2.37. The summed E-state index contributed by atoms with van der Waals surface area (Å²) >= 11 is 0. The molecule has 2 heterocycles. The van der Waals surface area contributed by atoms with Crippen LogP contribution in [0.5, 0.6) is 0 Å². The largest absolute Gasteiger partial charge is 0.441 e. The van der Waals surface area contributed by atoms with E-state index < -0.39 is 5.60 Å². The standard InChI is InChI=1S/C24H24N4O4/c1-17(29)26-21-7-5-20(6-8-21)22(30)27-11-9-24(10-12-27)16-28(23(31)32-24)15-19-4-2-3-18(13-19)14-25/h2-8,13H,9-12,15-16H2,1H3,(H,26,29). The minimum absolute atomic E-state index is 0.0799. The van der Waals surface area contributed by atoms with Gasteiger partial charge in [-0.2, -0.15) is 5.26 Å². The molecule has 3 amide bonds. The normalized spacial score (nSPS) is 17.1. The average molecular weight is 432 g/mol. The fourth-order valence-corrected chi connectivity index (χ4v) is 4.23. The number of hydrogen-bond acceptors (Lipinski definition) is 5. The van der Waals surface area contributed by atoms with Crippen LogP contribution in [0.25, 0.3) is 0 Å². The third-order valence-corrected chi connectivity index (χ3v) is 5.88. The highest BCUT2D eigenvalue weighted by atomic mass is 16.6. The molecule has 2 aliphatic rings. The van der Waals surface area contributed by atoms with Gasteiger partial charge in [0.25, 0.3) is 5.91 Å². The Labute approximate surface area is 186 Å². The van der Waals surface area contributed by atoms with Crippen LogP contribution in [0.4, 0.5) is 10.5 Å².